The molecule has 0 spiro atoms. The number of alkyl carbamates (subject to hydrolysis) is 1. The number of carbonyl (C=O) groups is 1. The van der Waals surface area contributed by atoms with E-state index in [1.165, 1.54) is 0 Å². The van der Waals surface area contributed by atoms with Crippen molar-refractivity contribution in [3.63, 3.8) is 0 Å². The largest absolute Gasteiger partial charge is 0.444 e. The quantitative estimate of drug-likeness (QED) is 0.811. The van der Waals surface area contributed by atoms with Gasteiger partial charge in [0.05, 0.1) is 0 Å². The Balaban J connectivity index is 2.46. The van der Waals surface area contributed by atoms with Gasteiger partial charge in [-0.05, 0) is 44.4 Å². The minimum absolute atomic E-state index is 0.195. The standard InChI is InChI=1S/C14H22N2O2/c1-10(11-6-5-7-12(15)8-11)9-16-13(17)18-14(2,3)4/h5-8,10H,9,15H2,1-4H3,(H,16,17)/t10-/m0/s1. The fourth-order valence-electron chi connectivity index (χ4n) is 1.53. The molecule has 1 aromatic rings. The van der Waals surface area contributed by atoms with Crippen LogP contribution < -0.4 is 11.1 Å². The van der Waals surface area contributed by atoms with Crippen molar-refractivity contribution in [3.05, 3.63) is 29.8 Å². The number of benzene rings is 1. The predicted molar refractivity (Wildman–Crippen MR) is 73.5 cm³/mol. The molecular formula is C14H22N2O2. The third kappa shape index (κ3) is 5.08. The van der Waals surface area contributed by atoms with Crippen molar-refractivity contribution in [2.75, 3.05) is 12.3 Å². The molecule has 100 valence electrons. The van der Waals surface area contributed by atoms with Crippen LogP contribution in [0.3, 0.4) is 0 Å². The minimum Gasteiger partial charge on any atom is -0.444 e. The first-order chi connectivity index (χ1) is 8.28. The molecule has 0 aliphatic carbocycles. The van der Waals surface area contributed by atoms with Crippen LogP contribution >= 0.6 is 0 Å². The molecule has 18 heavy (non-hydrogen) atoms. The average molecular weight is 250 g/mol. The Morgan fingerprint density at radius 2 is 2.11 bits per heavy atom. The summed E-state index contributed by atoms with van der Waals surface area (Å²) in [6.07, 6.45) is -0.391. The maximum atomic E-state index is 11.5. The average Bonchev–Trinajstić information content (AvgIpc) is 2.23. The van der Waals surface area contributed by atoms with Gasteiger partial charge in [0.1, 0.15) is 5.60 Å². The molecule has 0 saturated heterocycles. The second-order valence-corrected chi connectivity index (χ2v) is 5.45. The van der Waals surface area contributed by atoms with Crippen LogP contribution in [-0.2, 0) is 4.74 Å². The molecule has 0 bridgehead atoms. The number of ether oxygens (including phenoxy) is 1. The van der Waals surface area contributed by atoms with Crippen LogP contribution in [0, 0.1) is 0 Å². The third-order valence-corrected chi connectivity index (χ3v) is 2.43. The topological polar surface area (TPSA) is 64.3 Å². The van der Waals surface area contributed by atoms with Crippen LogP contribution in [0.15, 0.2) is 24.3 Å². The zero-order chi connectivity index (χ0) is 13.8. The summed E-state index contributed by atoms with van der Waals surface area (Å²) in [5, 5.41) is 2.75. The van der Waals surface area contributed by atoms with Gasteiger partial charge in [0.2, 0.25) is 0 Å². The number of hydrogen-bond acceptors (Lipinski definition) is 3. The van der Waals surface area contributed by atoms with Gasteiger partial charge in [-0.1, -0.05) is 19.1 Å². The first-order valence-corrected chi connectivity index (χ1v) is 6.10. The lowest BCUT2D eigenvalue weighted by Gasteiger charge is -2.21. The molecule has 0 saturated carbocycles. The summed E-state index contributed by atoms with van der Waals surface area (Å²) in [7, 11) is 0. The van der Waals surface area contributed by atoms with Gasteiger partial charge in [0.25, 0.3) is 0 Å². The molecule has 0 aliphatic heterocycles. The number of rotatable bonds is 3. The van der Waals surface area contributed by atoms with Crippen molar-refractivity contribution in [1.82, 2.24) is 5.32 Å². The van der Waals surface area contributed by atoms with Gasteiger partial charge in [-0.2, -0.15) is 0 Å². The molecule has 1 amide bonds. The lowest BCUT2D eigenvalue weighted by atomic mass is 10.0. The Labute approximate surface area is 109 Å². The van der Waals surface area contributed by atoms with E-state index >= 15 is 0 Å². The summed E-state index contributed by atoms with van der Waals surface area (Å²) in [5.41, 5.74) is 7.09. The maximum absolute atomic E-state index is 11.5. The molecule has 3 N–H and O–H groups in total. The van der Waals surface area contributed by atoms with Crippen LogP contribution in [0.5, 0.6) is 0 Å². The number of carbonyl (C=O) groups excluding carboxylic acids is 1. The van der Waals surface area contributed by atoms with Crippen molar-refractivity contribution in [2.45, 2.75) is 39.2 Å². The Morgan fingerprint density at radius 1 is 1.44 bits per heavy atom. The molecule has 0 heterocycles. The van der Waals surface area contributed by atoms with E-state index in [1.54, 1.807) is 0 Å². The van der Waals surface area contributed by atoms with Crippen molar-refractivity contribution >= 4 is 11.8 Å². The van der Waals surface area contributed by atoms with Crippen LogP contribution in [0.4, 0.5) is 10.5 Å². The van der Waals surface area contributed by atoms with Gasteiger partial charge in [-0.3, -0.25) is 0 Å². The second kappa shape index (κ2) is 5.76. The molecule has 0 unspecified atom stereocenters. The van der Waals surface area contributed by atoms with Gasteiger partial charge >= 0.3 is 6.09 Å². The van der Waals surface area contributed by atoms with E-state index in [0.717, 1.165) is 11.3 Å². The summed E-state index contributed by atoms with van der Waals surface area (Å²) < 4.78 is 5.17. The maximum Gasteiger partial charge on any atom is 0.407 e. The van der Waals surface area contributed by atoms with Crippen molar-refractivity contribution in [2.24, 2.45) is 0 Å². The van der Waals surface area contributed by atoms with E-state index < -0.39 is 11.7 Å². The molecule has 0 fully saturated rings. The molecular weight excluding hydrogens is 228 g/mol. The van der Waals surface area contributed by atoms with Crippen molar-refractivity contribution in [1.29, 1.82) is 0 Å². The number of nitrogen functional groups attached to an aromatic ring is 1. The Kier molecular flexibility index (Phi) is 4.59. The second-order valence-electron chi connectivity index (χ2n) is 5.45. The Bertz CT molecular complexity index is 411. The summed E-state index contributed by atoms with van der Waals surface area (Å²) in [5.74, 6) is 0.195. The predicted octanol–water partition coefficient (Wildman–Crippen LogP) is 2.90. The highest BCUT2D eigenvalue weighted by Gasteiger charge is 2.16. The first kappa shape index (κ1) is 14.4. The van der Waals surface area contributed by atoms with Crippen molar-refractivity contribution < 1.29 is 9.53 Å². The molecule has 0 aliphatic rings. The molecule has 1 atom stereocenters. The summed E-state index contributed by atoms with van der Waals surface area (Å²) in [4.78, 5) is 11.5. The Morgan fingerprint density at radius 3 is 2.67 bits per heavy atom. The minimum atomic E-state index is -0.468. The highest BCUT2D eigenvalue weighted by Crippen LogP contribution is 2.17. The zero-order valence-electron chi connectivity index (χ0n) is 11.5. The number of nitrogens with two attached hydrogens (primary N) is 1. The van der Waals surface area contributed by atoms with Crippen LogP contribution in [0.1, 0.15) is 39.2 Å². The van der Waals surface area contributed by atoms with E-state index in [1.807, 2.05) is 52.0 Å². The van der Waals surface area contributed by atoms with Gasteiger partial charge < -0.3 is 15.8 Å². The first-order valence-electron chi connectivity index (χ1n) is 6.10. The van der Waals surface area contributed by atoms with Gasteiger partial charge in [-0.15, -0.1) is 0 Å². The van der Waals surface area contributed by atoms with Gasteiger partial charge in [0.15, 0.2) is 0 Å². The molecule has 0 radical (unpaired) electrons. The van der Waals surface area contributed by atoms with E-state index in [-0.39, 0.29) is 5.92 Å². The summed E-state index contributed by atoms with van der Waals surface area (Å²) in [6.45, 7) is 8.08. The number of nitrogens with one attached hydrogen (secondary N) is 1. The normalized spacial score (nSPS) is 12.9. The molecule has 1 aromatic carbocycles. The summed E-state index contributed by atoms with van der Waals surface area (Å²) in [6, 6.07) is 7.67. The number of anilines is 1. The van der Waals surface area contributed by atoms with Gasteiger partial charge in [-0.25, -0.2) is 4.79 Å². The fourth-order valence-corrected chi connectivity index (χ4v) is 1.53. The monoisotopic (exact) mass is 250 g/mol. The highest BCUT2D eigenvalue weighted by atomic mass is 16.6. The van der Waals surface area contributed by atoms with Crippen molar-refractivity contribution in [3.8, 4) is 0 Å². The fraction of sp³-hybridized carbons (Fsp3) is 0.500. The van der Waals surface area contributed by atoms with Crippen LogP contribution in [-0.4, -0.2) is 18.2 Å². The third-order valence-electron chi connectivity index (χ3n) is 2.43. The molecule has 4 nitrogen and oxygen atoms in total. The summed E-state index contributed by atoms with van der Waals surface area (Å²) >= 11 is 0. The van der Waals surface area contributed by atoms with E-state index in [0.29, 0.717) is 6.54 Å². The zero-order valence-corrected chi connectivity index (χ0v) is 11.5. The van der Waals surface area contributed by atoms with E-state index in [9.17, 15) is 4.79 Å². The molecule has 1 rings (SSSR count). The van der Waals surface area contributed by atoms with Gasteiger partial charge in [0, 0.05) is 12.2 Å². The Hall–Kier alpha value is -1.71. The van der Waals surface area contributed by atoms with E-state index in [4.69, 9.17) is 10.5 Å². The highest BCUT2D eigenvalue weighted by molar-refractivity contribution is 5.67. The smallest absolute Gasteiger partial charge is 0.407 e. The SMILES string of the molecule is C[C@@H](CNC(=O)OC(C)(C)C)c1cccc(N)c1. The van der Waals surface area contributed by atoms with E-state index in [2.05, 4.69) is 5.32 Å². The lowest BCUT2D eigenvalue weighted by Crippen LogP contribution is -2.34. The number of amides is 1. The lowest BCUT2D eigenvalue weighted by molar-refractivity contribution is 0.0525. The number of hydrogen-bond donors (Lipinski definition) is 2. The van der Waals surface area contributed by atoms with Crippen LogP contribution in [0.25, 0.3) is 0 Å². The van der Waals surface area contributed by atoms with Crippen LogP contribution in [0.2, 0.25) is 0 Å². The molecule has 4 heteroatoms. The molecule has 0 aromatic heterocycles.